The van der Waals surface area contributed by atoms with Gasteiger partial charge in [0, 0.05) is 12.3 Å². The molecule has 1 heteroatoms. The quantitative estimate of drug-likeness (QED) is 0.259. The third-order valence-corrected chi connectivity index (χ3v) is 14.5. The summed E-state index contributed by atoms with van der Waals surface area (Å²) in [6.45, 7) is 41.8. The van der Waals surface area contributed by atoms with E-state index in [1.165, 1.54) is 32.1 Å². The summed E-state index contributed by atoms with van der Waals surface area (Å²) in [4.78, 5) is 12.0. The van der Waals surface area contributed by atoms with E-state index in [0.717, 1.165) is 23.3 Å². The third-order valence-electron chi connectivity index (χ3n) is 14.5. The summed E-state index contributed by atoms with van der Waals surface area (Å²) >= 11 is 0. The molecule has 38 heavy (non-hydrogen) atoms. The smallest absolute Gasteiger partial charge is 0.159 e. The highest BCUT2D eigenvalue weighted by Gasteiger charge is 2.60. The molecule has 1 nitrogen and oxygen atoms in total. The number of rotatable bonds is 10. The molecule has 0 heterocycles. The second-order valence-corrected chi connectivity index (χ2v) is 17.3. The topological polar surface area (TPSA) is 17.1 Å². The van der Waals surface area contributed by atoms with Gasteiger partial charge in [0.1, 0.15) is 0 Å². The van der Waals surface area contributed by atoms with Crippen LogP contribution in [0.5, 0.6) is 0 Å². The van der Waals surface area contributed by atoms with E-state index in [2.05, 4.69) is 117 Å². The zero-order chi connectivity index (χ0) is 29.7. The van der Waals surface area contributed by atoms with E-state index in [9.17, 15) is 4.79 Å². The van der Waals surface area contributed by atoms with Crippen LogP contribution in [-0.2, 0) is 4.79 Å². The Morgan fingerprint density at radius 3 is 1.84 bits per heavy atom. The zero-order valence-electron chi connectivity index (χ0n) is 28.4. The molecule has 2 unspecified atom stereocenters. The van der Waals surface area contributed by atoms with E-state index >= 15 is 0 Å². The van der Waals surface area contributed by atoms with Gasteiger partial charge in [-0.1, -0.05) is 135 Å². The van der Waals surface area contributed by atoms with Gasteiger partial charge in [-0.25, -0.2) is 0 Å². The van der Waals surface area contributed by atoms with Crippen molar-refractivity contribution in [3.63, 3.8) is 0 Å². The Balaban J connectivity index is 2.25. The minimum Gasteiger partial charge on any atom is -0.295 e. The summed E-state index contributed by atoms with van der Waals surface area (Å²) < 4.78 is 0. The van der Waals surface area contributed by atoms with Gasteiger partial charge < -0.3 is 0 Å². The molecule has 0 aromatic rings. The van der Waals surface area contributed by atoms with Crippen LogP contribution in [0.2, 0.25) is 0 Å². The fraction of sp³-hybridized carbons (Fsp3) is 0.865. The highest BCUT2D eigenvalue weighted by atomic mass is 16.1. The van der Waals surface area contributed by atoms with Crippen LogP contribution in [0.1, 0.15) is 142 Å². The average molecular weight is 527 g/mol. The van der Waals surface area contributed by atoms with Crippen LogP contribution in [0.25, 0.3) is 0 Å². The molecule has 0 radical (unpaired) electrons. The minimum atomic E-state index is 0.133. The van der Waals surface area contributed by atoms with Gasteiger partial charge in [-0.3, -0.25) is 4.79 Å². The predicted molar refractivity (Wildman–Crippen MR) is 168 cm³/mol. The first kappa shape index (κ1) is 33.4. The standard InChI is InChI=1S/C37H66O/c1-17-27-24-31(29-21-20-28(38)23-25(29)2)30(26(27)3)19-18-22-33(7,8)35(11,12)37(15,16)36(13,14)34(9,10)32(4,5)6/h20-21,26-27,29-31H,2,17-19,22-24H2,1,3-16H3/t26?,27-,29?,30-,31-/m0/s1. The lowest BCUT2D eigenvalue weighted by Crippen LogP contribution is -2.59. The highest BCUT2D eigenvalue weighted by Crippen LogP contribution is 2.68. The molecule has 1 saturated carbocycles. The molecule has 0 saturated heterocycles. The zero-order valence-corrected chi connectivity index (χ0v) is 28.4. The Kier molecular flexibility index (Phi) is 9.53. The monoisotopic (exact) mass is 527 g/mol. The van der Waals surface area contributed by atoms with Gasteiger partial charge in [0.15, 0.2) is 5.78 Å². The van der Waals surface area contributed by atoms with Gasteiger partial charge in [-0.15, -0.1) is 0 Å². The first-order valence-corrected chi connectivity index (χ1v) is 15.9. The lowest BCUT2D eigenvalue weighted by Gasteiger charge is -2.65. The summed E-state index contributed by atoms with van der Waals surface area (Å²) in [5, 5.41) is 0. The van der Waals surface area contributed by atoms with Crippen molar-refractivity contribution in [1.29, 1.82) is 0 Å². The van der Waals surface area contributed by atoms with Crippen LogP contribution in [0.4, 0.5) is 0 Å². The van der Waals surface area contributed by atoms with E-state index in [1.54, 1.807) is 0 Å². The van der Waals surface area contributed by atoms with E-state index in [4.69, 9.17) is 0 Å². The van der Waals surface area contributed by atoms with Crippen molar-refractivity contribution in [2.45, 2.75) is 142 Å². The number of ketones is 1. The fourth-order valence-electron chi connectivity index (χ4n) is 8.54. The second-order valence-electron chi connectivity index (χ2n) is 17.3. The molecular formula is C37H66O. The average Bonchev–Trinajstić information content (AvgIpc) is 3.07. The summed E-state index contributed by atoms with van der Waals surface area (Å²) in [5.41, 5.74) is 2.19. The maximum Gasteiger partial charge on any atom is 0.159 e. The Morgan fingerprint density at radius 2 is 1.37 bits per heavy atom. The van der Waals surface area contributed by atoms with Crippen molar-refractivity contribution < 1.29 is 4.79 Å². The first-order valence-electron chi connectivity index (χ1n) is 15.9. The van der Waals surface area contributed by atoms with Crippen molar-refractivity contribution in [1.82, 2.24) is 0 Å². The molecule has 0 aromatic carbocycles. The molecule has 0 aliphatic heterocycles. The van der Waals surface area contributed by atoms with Crippen LogP contribution in [0, 0.1) is 62.1 Å². The predicted octanol–water partition coefficient (Wildman–Crippen LogP) is 11.3. The number of carbonyl (C=O) groups is 1. The Hall–Kier alpha value is -0.850. The van der Waals surface area contributed by atoms with Gasteiger partial charge in [0.2, 0.25) is 0 Å². The van der Waals surface area contributed by atoms with Crippen LogP contribution in [0.3, 0.4) is 0 Å². The molecule has 2 aliphatic carbocycles. The molecule has 220 valence electrons. The Morgan fingerprint density at radius 1 is 0.842 bits per heavy atom. The van der Waals surface area contributed by atoms with Crippen LogP contribution in [-0.4, -0.2) is 5.78 Å². The minimum absolute atomic E-state index is 0.133. The van der Waals surface area contributed by atoms with E-state index in [-0.39, 0.29) is 38.3 Å². The maximum atomic E-state index is 12.0. The summed E-state index contributed by atoms with van der Waals surface area (Å²) in [6, 6.07) is 0. The molecule has 2 aliphatic rings. The van der Waals surface area contributed by atoms with Crippen molar-refractivity contribution in [2.24, 2.45) is 62.1 Å². The van der Waals surface area contributed by atoms with Gasteiger partial charge in [-0.2, -0.15) is 0 Å². The molecule has 5 atom stereocenters. The van der Waals surface area contributed by atoms with E-state index in [0.29, 0.717) is 18.3 Å². The molecule has 2 rings (SSSR count). The number of carbonyl (C=O) groups excluding carboxylic acids is 1. The van der Waals surface area contributed by atoms with Crippen LogP contribution in [0.15, 0.2) is 24.3 Å². The number of hydrogen-bond donors (Lipinski definition) is 0. The van der Waals surface area contributed by atoms with E-state index < -0.39 is 0 Å². The van der Waals surface area contributed by atoms with Crippen molar-refractivity contribution in [3.8, 4) is 0 Å². The highest BCUT2D eigenvalue weighted by molar-refractivity contribution is 5.92. The Labute approximate surface area is 239 Å². The summed E-state index contributed by atoms with van der Waals surface area (Å²) in [6.07, 6.45) is 11.0. The number of allylic oxidation sites excluding steroid dienone is 3. The van der Waals surface area contributed by atoms with Crippen molar-refractivity contribution in [2.75, 3.05) is 0 Å². The molecule has 1 fully saturated rings. The van der Waals surface area contributed by atoms with Gasteiger partial charge in [0.25, 0.3) is 0 Å². The molecule has 0 amide bonds. The van der Waals surface area contributed by atoms with E-state index in [1.807, 2.05) is 6.08 Å². The van der Waals surface area contributed by atoms with Crippen molar-refractivity contribution in [3.05, 3.63) is 24.3 Å². The fourth-order valence-corrected chi connectivity index (χ4v) is 8.54. The lowest BCUT2D eigenvalue weighted by atomic mass is 9.39. The SMILES string of the molecule is C=C1CC(=O)C=CC1[C@@H]1C[C@H](CC)C(C)[C@@H]1CCCC(C)(C)C(C)(C)C(C)(C)C(C)(C)C(C)(C)C(C)(C)C. The van der Waals surface area contributed by atoms with Gasteiger partial charge in [-0.05, 0) is 81.5 Å². The number of hydrogen-bond acceptors (Lipinski definition) is 1. The molecule has 0 N–H and O–H groups in total. The lowest BCUT2D eigenvalue weighted by molar-refractivity contribution is -0.171. The molecule has 0 spiro atoms. The summed E-state index contributed by atoms with van der Waals surface area (Å²) in [7, 11) is 0. The molecule has 0 aromatic heterocycles. The van der Waals surface area contributed by atoms with Gasteiger partial charge in [0.05, 0.1) is 0 Å². The van der Waals surface area contributed by atoms with Gasteiger partial charge >= 0.3 is 0 Å². The van der Waals surface area contributed by atoms with Crippen molar-refractivity contribution >= 4 is 5.78 Å². The van der Waals surface area contributed by atoms with Crippen LogP contribution >= 0.6 is 0 Å². The first-order chi connectivity index (χ1) is 17.0. The second kappa shape index (κ2) is 10.9. The largest absolute Gasteiger partial charge is 0.295 e. The Bertz CT molecular complexity index is 884. The maximum absolute atomic E-state index is 12.0. The molecule has 0 bridgehead atoms. The summed E-state index contributed by atoms with van der Waals surface area (Å²) in [5.74, 6) is 3.54. The molecular weight excluding hydrogens is 460 g/mol. The van der Waals surface area contributed by atoms with Crippen LogP contribution < -0.4 is 0 Å². The normalized spacial score (nSPS) is 28.3. The third kappa shape index (κ3) is 5.52.